The van der Waals surface area contributed by atoms with Gasteiger partial charge in [-0.2, -0.15) is 18.4 Å². The summed E-state index contributed by atoms with van der Waals surface area (Å²) >= 11 is 0. The Labute approximate surface area is 150 Å². The largest absolute Gasteiger partial charge is 0.466 e. The van der Waals surface area contributed by atoms with Crippen LogP contribution < -0.4 is 5.32 Å². The maximum Gasteiger partial charge on any atom is 0.416 e. The minimum absolute atomic E-state index is 0.00477. The molecule has 0 aromatic heterocycles. The fourth-order valence-corrected chi connectivity index (χ4v) is 3.13. The van der Waals surface area contributed by atoms with Gasteiger partial charge in [-0.25, -0.2) is 4.79 Å². The van der Waals surface area contributed by atoms with Crippen LogP contribution in [0.3, 0.4) is 0 Å². The van der Waals surface area contributed by atoms with Crippen molar-refractivity contribution < 1.29 is 22.7 Å². The minimum Gasteiger partial charge on any atom is -0.466 e. The number of benzene rings is 1. The molecule has 0 saturated heterocycles. The van der Waals surface area contributed by atoms with Crippen LogP contribution in [-0.4, -0.2) is 13.1 Å². The molecule has 0 aliphatic carbocycles. The van der Waals surface area contributed by atoms with Crippen molar-refractivity contribution in [2.75, 3.05) is 7.11 Å². The first-order valence-electron chi connectivity index (χ1n) is 7.99. The number of carbonyl (C=O) groups excluding carboxylic acids is 1. The van der Waals surface area contributed by atoms with Gasteiger partial charge in [-0.15, -0.1) is 0 Å². The van der Waals surface area contributed by atoms with Gasteiger partial charge in [0, 0.05) is 11.4 Å². The molecule has 7 heteroatoms. The van der Waals surface area contributed by atoms with E-state index < -0.39 is 23.6 Å². The monoisotopic (exact) mass is 364 g/mol. The van der Waals surface area contributed by atoms with E-state index in [4.69, 9.17) is 4.74 Å². The average Bonchev–Trinajstić information content (AvgIpc) is 2.59. The van der Waals surface area contributed by atoms with Crippen molar-refractivity contribution in [3.05, 3.63) is 57.9 Å². The van der Waals surface area contributed by atoms with Gasteiger partial charge in [-0.05, 0) is 24.5 Å². The summed E-state index contributed by atoms with van der Waals surface area (Å²) in [7, 11) is 1.16. The number of ether oxygens (including phenoxy) is 1. The number of nitrogens with one attached hydrogen (secondary N) is 1. The fourth-order valence-electron chi connectivity index (χ4n) is 3.13. The van der Waals surface area contributed by atoms with E-state index in [0.29, 0.717) is 11.4 Å². The van der Waals surface area contributed by atoms with Gasteiger partial charge in [0.25, 0.3) is 0 Å². The first-order valence-corrected chi connectivity index (χ1v) is 7.99. The number of allylic oxidation sites excluding steroid dienone is 3. The van der Waals surface area contributed by atoms with Crippen LogP contribution in [0, 0.1) is 17.2 Å². The van der Waals surface area contributed by atoms with E-state index in [-0.39, 0.29) is 22.6 Å². The van der Waals surface area contributed by atoms with Crippen LogP contribution in [0.1, 0.15) is 37.8 Å². The number of methoxy groups -OCH3 is 1. The van der Waals surface area contributed by atoms with Crippen LogP contribution in [0.25, 0.3) is 0 Å². The second-order valence-electron chi connectivity index (χ2n) is 6.27. The lowest BCUT2D eigenvalue weighted by Gasteiger charge is -2.32. The summed E-state index contributed by atoms with van der Waals surface area (Å²) in [5.74, 6) is -2.06. The normalized spacial score (nSPS) is 17.9. The maximum atomic E-state index is 13.6. The van der Waals surface area contributed by atoms with E-state index >= 15 is 0 Å². The van der Waals surface area contributed by atoms with Gasteiger partial charge < -0.3 is 10.1 Å². The quantitative estimate of drug-likeness (QED) is 0.814. The average molecular weight is 364 g/mol. The Hall–Kier alpha value is -2.75. The van der Waals surface area contributed by atoms with Crippen molar-refractivity contribution in [2.45, 2.75) is 32.9 Å². The molecule has 1 aliphatic heterocycles. The number of carbonyl (C=O) groups is 1. The van der Waals surface area contributed by atoms with E-state index in [9.17, 15) is 23.2 Å². The first kappa shape index (κ1) is 19.6. The third-order valence-corrected chi connectivity index (χ3v) is 4.27. The Morgan fingerprint density at radius 2 is 1.92 bits per heavy atom. The number of dihydropyridines is 1. The predicted molar refractivity (Wildman–Crippen MR) is 89.5 cm³/mol. The molecule has 1 aromatic rings. The van der Waals surface area contributed by atoms with E-state index in [0.717, 1.165) is 13.2 Å². The molecule has 1 aliphatic rings. The highest BCUT2D eigenvalue weighted by molar-refractivity contribution is 5.93. The van der Waals surface area contributed by atoms with Crippen molar-refractivity contribution in [3.63, 3.8) is 0 Å². The van der Waals surface area contributed by atoms with Crippen LogP contribution in [-0.2, 0) is 15.7 Å². The van der Waals surface area contributed by atoms with Crippen LogP contribution in [0.5, 0.6) is 0 Å². The molecule has 0 bridgehead atoms. The lowest BCUT2D eigenvalue weighted by molar-refractivity contribution is -0.139. The standard InChI is InChI=1S/C19H19F3N2O2/c1-10(2)17-13(9-23)16(15(11(3)24-17)18(25)26-4)12-7-5-6-8-14(12)19(20,21)22/h5-8,10,16,24H,1-4H3. The molecule has 1 N–H and O–H groups in total. The molecule has 0 radical (unpaired) electrons. The summed E-state index contributed by atoms with van der Waals surface area (Å²) < 4.78 is 45.4. The lowest BCUT2D eigenvalue weighted by Crippen LogP contribution is -2.32. The number of hydrogen-bond acceptors (Lipinski definition) is 4. The second kappa shape index (κ2) is 7.24. The molecule has 1 unspecified atom stereocenters. The van der Waals surface area contributed by atoms with Gasteiger partial charge in [0.05, 0.1) is 35.8 Å². The van der Waals surface area contributed by atoms with E-state index in [2.05, 4.69) is 5.32 Å². The van der Waals surface area contributed by atoms with E-state index in [1.165, 1.54) is 18.2 Å². The summed E-state index contributed by atoms with van der Waals surface area (Å²) in [4.78, 5) is 12.3. The molecule has 2 rings (SSSR count). The highest BCUT2D eigenvalue weighted by Crippen LogP contribution is 2.44. The molecule has 1 aromatic carbocycles. The third kappa shape index (κ3) is 3.45. The van der Waals surface area contributed by atoms with Gasteiger partial charge in [0.1, 0.15) is 0 Å². The molecule has 0 saturated carbocycles. The Morgan fingerprint density at radius 3 is 2.42 bits per heavy atom. The Bertz CT molecular complexity index is 830. The third-order valence-electron chi connectivity index (χ3n) is 4.27. The first-order chi connectivity index (χ1) is 12.1. The molecule has 4 nitrogen and oxygen atoms in total. The van der Waals surface area contributed by atoms with Crippen LogP contribution in [0.15, 0.2) is 46.8 Å². The van der Waals surface area contributed by atoms with Crippen molar-refractivity contribution in [1.82, 2.24) is 5.32 Å². The number of rotatable bonds is 3. The van der Waals surface area contributed by atoms with Gasteiger partial charge in [0.2, 0.25) is 0 Å². The van der Waals surface area contributed by atoms with E-state index in [1.807, 2.05) is 19.9 Å². The van der Waals surface area contributed by atoms with E-state index in [1.54, 1.807) is 6.92 Å². The SMILES string of the molecule is COC(=O)C1=C(C)NC(C(C)C)=C(C#N)C1c1ccccc1C(F)(F)F. The minimum atomic E-state index is -4.62. The fraction of sp³-hybridized carbons (Fsp3) is 0.368. The Morgan fingerprint density at radius 1 is 1.31 bits per heavy atom. The van der Waals surface area contributed by atoms with Crippen LogP contribution in [0.4, 0.5) is 13.2 Å². The molecule has 1 atom stereocenters. The molecule has 26 heavy (non-hydrogen) atoms. The zero-order valence-electron chi connectivity index (χ0n) is 14.9. The predicted octanol–water partition coefficient (Wildman–Crippen LogP) is 4.27. The molecule has 138 valence electrons. The maximum absolute atomic E-state index is 13.6. The summed E-state index contributed by atoms with van der Waals surface area (Å²) in [5, 5.41) is 12.7. The summed E-state index contributed by atoms with van der Waals surface area (Å²) in [6, 6.07) is 6.98. The summed E-state index contributed by atoms with van der Waals surface area (Å²) in [5.41, 5.74) is -0.0538. The van der Waals surface area contributed by atoms with Crippen molar-refractivity contribution in [1.29, 1.82) is 5.26 Å². The van der Waals surface area contributed by atoms with Gasteiger partial charge >= 0.3 is 12.1 Å². The molecule has 0 amide bonds. The highest BCUT2D eigenvalue weighted by Gasteiger charge is 2.41. The zero-order chi connectivity index (χ0) is 19.6. The molecular weight excluding hydrogens is 345 g/mol. The van der Waals surface area contributed by atoms with Gasteiger partial charge in [-0.3, -0.25) is 0 Å². The second-order valence-corrected chi connectivity index (χ2v) is 6.27. The van der Waals surface area contributed by atoms with Gasteiger partial charge in [0.15, 0.2) is 0 Å². The Balaban J connectivity index is 2.84. The smallest absolute Gasteiger partial charge is 0.416 e. The van der Waals surface area contributed by atoms with Crippen molar-refractivity contribution >= 4 is 5.97 Å². The Kier molecular flexibility index (Phi) is 5.45. The van der Waals surface area contributed by atoms with Crippen molar-refractivity contribution in [3.8, 4) is 6.07 Å². The number of alkyl halides is 3. The highest BCUT2D eigenvalue weighted by atomic mass is 19.4. The molecular formula is C19H19F3N2O2. The lowest BCUT2D eigenvalue weighted by atomic mass is 9.77. The topological polar surface area (TPSA) is 62.1 Å². The van der Waals surface area contributed by atoms with Crippen LogP contribution >= 0.6 is 0 Å². The number of hydrogen-bond donors (Lipinski definition) is 1. The number of esters is 1. The number of nitriles is 1. The zero-order valence-corrected chi connectivity index (χ0v) is 14.9. The number of nitrogens with zero attached hydrogens (tertiary/aromatic N) is 1. The molecule has 0 spiro atoms. The van der Waals surface area contributed by atoms with Gasteiger partial charge in [-0.1, -0.05) is 32.0 Å². The van der Waals surface area contributed by atoms with Crippen molar-refractivity contribution in [2.24, 2.45) is 5.92 Å². The summed E-state index contributed by atoms with van der Waals surface area (Å²) in [6.07, 6.45) is -4.62. The number of halogens is 3. The molecule has 1 heterocycles. The molecule has 0 fully saturated rings. The van der Waals surface area contributed by atoms with Crippen LogP contribution in [0.2, 0.25) is 0 Å². The summed E-state index contributed by atoms with van der Waals surface area (Å²) in [6.45, 7) is 5.23.